The number of nitrogens with zero attached hydrogens (tertiary/aromatic N) is 1. The molecule has 3 nitrogen and oxygen atoms in total. The smallest absolute Gasteiger partial charge is 0.0512 e. The Balaban J connectivity index is 2.00. The molecule has 1 fully saturated rings. The third-order valence-electron chi connectivity index (χ3n) is 4.14. The minimum Gasteiger partial charge on any atom is -0.381 e. The van der Waals surface area contributed by atoms with Gasteiger partial charge in [0.05, 0.1) is 6.61 Å². The molecule has 3 heteroatoms. The Kier molecular flexibility index (Phi) is 4.28. The average Bonchev–Trinajstić information content (AvgIpc) is 2.53. The largest absolute Gasteiger partial charge is 0.381 e. The molecule has 2 unspecified atom stereocenters. The van der Waals surface area contributed by atoms with Crippen LogP contribution >= 0.6 is 0 Å². The Morgan fingerprint density at radius 2 is 2.35 bits per heavy atom. The molecule has 1 aliphatic rings. The number of nitrogens with one attached hydrogen (secondary N) is 1. The molecule has 0 bridgehead atoms. The predicted octanol–water partition coefficient (Wildman–Crippen LogP) is 3.31. The lowest BCUT2D eigenvalue weighted by Gasteiger charge is -2.31. The van der Waals surface area contributed by atoms with Crippen molar-refractivity contribution in [1.29, 1.82) is 0 Å². The van der Waals surface area contributed by atoms with E-state index in [1.165, 1.54) is 22.8 Å². The molecule has 2 aromatic rings. The fourth-order valence-electron chi connectivity index (χ4n) is 3.19. The van der Waals surface area contributed by atoms with E-state index in [2.05, 4.69) is 41.5 Å². The second-order valence-corrected chi connectivity index (χ2v) is 5.46. The van der Waals surface area contributed by atoms with Crippen molar-refractivity contribution in [2.75, 3.05) is 19.8 Å². The van der Waals surface area contributed by atoms with Crippen molar-refractivity contribution in [3.05, 3.63) is 42.2 Å². The van der Waals surface area contributed by atoms with Crippen molar-refractivity contribution < 1.29 is 4.74 Å². The molecule has 0 spiro atoms. The Hall–Kier alpha value is -1.45. The van der Waals surface area contributed by atoms with Crippen molar-refractivity contribution in [1.82, 2.24) is 10.3 Å². The lowest BCUT2D eigenvalue weighted by molar-refractivity contribution is 0.0395. The number of fused-ring (bicyclic) bond motifs is 1. The summed E-state index contributed by atoms with van der Waals surface area (Å²) in [6.45, 7) is 4.90. The fraction of sp³-hybridized carbons (Fsp3) is 0.471. The van der Waals surface area contributed by atoms with Gasteiger partial charge >= 0.3 is 0 Å². The first kappa shape index (κ1) is 13.5. The summed E-state index contributed by atoms with van der Waals surface area (Å²) in [4.78, 5) is 4.30. The molecule has 0 amide bonds. The van der Waals surface area contributed by atoms with Crippen molar-refractivity contribution in [3.63, 3.8) is 0 Å². The molecule has 0 aliphatic carbocycles. The van der Waals surface area contributed by atoms with Crippen LogP contribution in [-0.2, 0) is 4.74 Å². The van der Waals surface area contributed by atoms with Crippen LogP contribution in [0.25, 0.3) is 10.8 Å². The summed E-state index contributed by atoms with van der Waals surface area (Å²) in [6, 6.07) is 8.96. The quantitative estimate of drug-likeness (QED) is 0.925. The first-order valence-electron chi connectivity index (χ1n) is 7.54. The Morgan fingerprint density at radius 3 is 3.15 bits per heavy atom. The highest BCUT2D eigenvalue weighted by atomic mass is 16.5. The highest BCUT2D eigenvalue weighted by Crippen LogP contribution is 2.32. The summed E-state index contributed by atoms with van der Waals surface area (Å²) >= 11 is 0. The van der Waals surface area contributed by atoms with Gasteiger partial charge in [-0.25, -0.2) is 0 Å². The summed E-state index contributed by atoms with van der Waals surface area (Å²) in [6.07, 6.45) is 6.24. The number of ether oxygens (including phenoxy) is 1. The summed E-state index contributed by atoms with van der Waals surface area (Å²) in [7, 11) is 0. The number of benzene rings is 1. The first-order valence-corrected chi connectivity index (χ1v) is 7.54. The van der Waals surface area contributed by atoms with Crippen molar-refractivity contribution in [2.45, 2.75) is 25.8 Å². The summed E-state index contributed by atoms with van der Waals surface area (Å²) < 4.78 is 5.69. The van der Waals surface area contributed by atoms with Crippen LogP contribution in [0.4, 0.5) is 0 Å². The van der Waals surface area contributed by atoms with E-state index in [4.69, 9.17) is 4.74 Å². The van der Waals surface area contributed by atoms with E-state index in [1.807, 2.05) is 12.4 Å². The molecule has 1 aromatic carbocycles. The van der Waals surface area contributed by atoms with E-state index in [0.29, 0.717) is 12.0 Å². The van der Waals surface area contributed by atoms with Crippen LogP contribution in [0.15, 0.2) is 36.7 Å². The molecule has 1 saturated heterocycles. The van der Waals surface area contributed by atoms with Crippen LogP contribution in [0.2, 0.25) is 0 Å². The van der Waals surface area contributed by atoms with Gasteiger partial charge in [0, 0.05) is 36.3 Å². The standard InChI is InChI=1S/C17H22N2O/c1-2-19-17(14-6-4-10-20-12-14)15-7-3-5-13-8-9-18-11-16(13)15/h3,5,7-9,11,14,17,19H,2,4,6,10,12H2,1H3. The highest BCUT2D eigenvalue weighted by Gasteiger charge is 2.26. The zero-order valence-corrected chi connectivity index (χ0v) is 12.0. The van der Waals surface area contributed by atoms with Crippen molar-refractivity contribution in [2.24, 2.45) is 5.92 Å². The van der Waals surface area contributed by atoms with Gasteiger partial charge in [-0.05, 0) is 36.4 Å². The monoisotopic (exact) mass is 270 g/mol. The van der Waals surface area contributed by atoms with Crippen LogP contribution in [0, 0.1) is 5.92 Å². The Morgan fingerprint density at radius 1 is 1.40 bits per heavy atom. The van der Waals surface area contributed by atoms with Gasteiger partial charge in [-0.2, -0.15) is 0 Å². The highest BCUT2D eigenvalue weighted by molar-refractivity contribution is 5.85. The van der Waals surface area contributed by atoms with Gasteiger partial charge in [0.1, 0.15) is 0 Å². The zero-order valence-electron chi connectivity index (χ0n) is 12.0. The molecule has 1 N–H and O–H groups in total. The third-order valence-corrected chi connectivity index (χ3v) is 4.14. The molecular formula is C17H22N2O. The summed E-state index contributed by atoms with van der Waals surface area (Å²) in [5.74, 6) is 0.550. The Bertz CT molecular complexity index is 558. The molecule has 0 radical (unpaired) electrons. The number of aromatic nitrogens is 1. The predicted molar refractivity (Wildman–Crippen MR) is 81.7 cm³/mol. The fourth-order valence-corrected chi connectivity index (χ4v) is 3.19. The second kappa shape index (κ2) is 6.33. The van der Waals surface area contributed by atoms with Crippen LogP contribution in [0.3, 0.4) is 0 Å². The first-order chi connectivity index (χ1) is 9.90. The molecule has 20 heavy (non-hydrogen) atoms. The maximum atomic E-state index is 5.69. The van der Waals surface area contributed by atoms with Crippen molar-refractivity contribution in [3.8, 4) is 0 Å². The number of hydrogen-bond donors (Lipinski definition) is 1. The topological polar surface area (TPSA) is 34.2 Å². The van der Waals surface area contributed by atoms with Gasteiger partial charge in [0.2, 0.25) is 0 Å². The van der Waals surface area contributed by atoms with E-state index >= 15 is 0 Å². The Labute approximate surface area is 120 Å². The number of rotatable bonds is 4. The maximum absolute atomic E-state index is 5.69. The molecule has 3 rings (SSSR count). The van der Waals surface area contributed by atoms with Crippen molar-refractivity contribution >= 4 is 10.8 Å². The third kappa shape index (κ3) is 2.69. The van der Waals surface area contributed by atoms with Crippen LogP contribution in [-0.4, -0.2) is 24.7 Å². The van der Waals surface area contributed by atoms with E-state index in [1.54, 1.807) is 0 Å². The molecule has 2 heterocycles. The van der Waals surface area contributed by atoms with Gasteiger partial charge in [-0.15, -0.1) is 0 Å². The van der Waals surface area contributed by atoms with Gasteiger partial charge < -0.3 is 10.1 Å². The second-order valence-electron chi connectivity index (χ2n) is 5.46. The average molecular weight is 270 g/mol. The summed E-state index contributed by atoms with van der Waals surface area (Å²) in [5, 5.41) is 6.17. The van der Waals surface area contributed by atoms with Gasteiger partial charge in [-0.1, -0.05) is 25.1 Å². The SMILES string of the molecule is CCNC(c1cccc2ccncc12)C1CCCOC1. The van der Waals surface area contributed by atoms with Gasteiger partial charge in [0.25, 0.3) is 0 Å². The van der Waals surface area contributed by atoms with E-state index < -0.39 is 0 Å². The number of hydrogen-bond acceptors (Lipinski definition) is 3. The lowest BCUT2D eigenvalue weighted by atomic mass is 9.86. The minimum atomic E-state index is 0.355. The minimum absolute atomic E-state index is 0.355. The number of pyridine rings is 1. The van der Waals surface area contributed by atoms with Gasteiger partial charge in [0.15, 0.2) is 0 Å². The zero-order chi connectivity index (χ0) is 13.8. The lowest BCUT2D eigenvalue weighted by Crippen LogP contribution is -2.33. The molecule has 106 valence electrons. The van der Waals surface area contributed by atoms with Crippen LogP contribution < -0.4 is 5.32 Å². The van der Waals surface area contributed by atoms with Crippen LogP contribution in [0.5, 0.6) is 0 Å². The normalized spacial score (nSPS) is 20.9. The van der Waals surface area contributed by atoms with Crippen LogP contribution in [0.1, 0.15) is 31.4 Å². The molecule has 2 atom stereocenters. The molecular weight excluding hydrogens is 248 g/mol. The van der Waals surface area contributed by atoms with E-state index in [0.717, 1.165) is 26.2 Å². The van der Waals surface area contributed by atoms with E-state index in [-0.39, 0.29) is 0 Å². The van der Waals surface area contributed by atoms with Gasteiger partial charge in [-0.3, -0.25) is 4.98 Å². The maximum Gasteiger partial charge on any atom is 0.0512 e. The molecule has 0 saturated carbocycles. The van der Waals surface area contributed by atoms with E-state index in [9.17, 15) is 0 Å². The molecule has 1 aromatic heterocycles. The summed E-state index contributed by atoms with van der Waals surface area (Å²) in [5.41, 5.74) is 1.35. The molecule has 1 aliphatic heterocycles.